The quantitative estimate of drug-likeness (QED) is 0.355. The van der Waals surface area contributed by atoms with Crippen LogP contribution in [0.15, 0.2) is 82.8 Å². The van der Waals surface area contributed by atoms with E-state index in [0.717, 1.165) is 29.5 Å². The fourth-order valence-electron chi connectivity index (χ4n) is 3.42. The van der Waals surface area contributed by atoms with Crippen molar-refractivity contribution in [1.82, 2.24) is 14.5 Å². The molecule has 1 aliphatic rings. The molecule has 0 saturated carbocycles. The van der Waals surface area contributed by atoms with Crippen molar-refractivity contribution < 1.29 is 8.42 Å². The lowest BCUT2D eigenvalue weighted by Gasteiger charge is -2.11. The Balaban J connectivity index is 1.77. The van der Waals surface area contributed by atoms with E-state index < -0.39 is 10.0 Å². The molecule has 1 heterocycles. The molecule has 0 radical (unpaired) electrons. The monoisotopic (exact) mass is 500 g/mol. The van der Waals surface area contributed by atoms with Gasteiger partial charge in [0.05, 0.1) is 4.90 Å². The van der Waals surface area contributed by atoms with Crippen molar-refractivity contribution in [1.29, 1.82) is 0 Å². The predicted molar refractivity (Wildman–Crippen MR) is 134 cm³/mol. The first kappa shape index (κ1) is 23.3. The topological polar surface area (TPSA) is 76.3 Å². The van der Waals surface area contributed by atoms with Crippen LogP contribution in [0.4, 0.5) is 0 Å². The molecular weight excluding hydrogens is 479 g/mol. The molecule has 0 atom stereocenters. The van der Waals surface area contributed by atoms with Crippen LogP contribution in [0.25, 0.3) is 16.8 Å². The maximum Gasteiger partial charge on any atom is 0.264 e. The molecule has 1 aromatic heterocycles. The zero-order chi connectivity index (χ0) is 23.4. The van der Waals surface area contributed by atoms with Gasteiger partial charge in [0, 0.05) is 33.9 Å². The second kappa shape index (κ2) is 9.95. The van der Waals surface area contributed by atoms with Crippen LogP contribution in [-0.4, -0.2) is 30.7 Å². The lowest BCUT2D eigenvalue weighted by atomic mass is 9.97. The third kappa shape index (κ3) is 5.38. The Kier molecular flexibility index (Phi) is 7.02. The van der Waals surface area contributed by atoms with Gasteiger partial charge in [0.1, 0.15) is 5.69 Å². The lowest BCUT2D eigenvalue weighted by molar-refractivity contribution is 0.591. The first-order chi connectivity index (χ1) is 15.9. The molecule has 1 aliphatic carbocycles. The number of aromatic nitrogens is 2. The molecule has 0 spiro atoms. The molecule has 0 fully saturated rings. The van der Waals surface area contributed by atoms with Crippen LogP contribution in [0.2, 0.25) is 10.0 Å². The van der Waals surface area contributed by atoms with Gasteiger partial charge in [0.25, 0.3) is 10.0 Å². The minimum absolute atomic E-state index is 0.0823. The van der Waals surface area contributed by atoms with Crippen molar-refractivity contribution in [3.05, 3.63) is 88.6 Å². The zero-order valence-electron chi connectivity index (χ0n) is 17.9. The Morgan fingerprint density at radius 2 is 1.73 bits per heavy atom. The molecule has 33 heavy (non-hydrogen) atoms. The largest absolute Gasteiger partial charge is 0.264 e. The Labute approximate surface area is 203 Å². The second-order valence-electron chi connectivity index (χ2n) is 7.34. The number of nitrogens with zero attached hydrogens (tertiary/aromatic N) is 3. The highest BCUT2D eigenvalue weighted by Crippen LogP contribution is 2.31. The molecule has 9 heteroatoms. The first-order valence-corrected chi connectivity index (χ1v) is 12.7. The van der Waals surface area contributed by atoms with Crippen LogP contribution in [0.1, 0.15) is 25.3 Å². The van der Waals surface area contributed by atoms with Crippen molar-refractivity contribution in [2.75, 3.05) is 6.54 Å². The SMILES string of the molecule is CCN=C(NS(=O)(=O)c1ccc(Cl)cc1)n1cc(C2=CCCC=C2)c(-c2ccc(Cl)cc2)n1. The summed E-state index contributed by atoms with van der Waals surface area (Å²) in [6.07, 6.45) is 10.0. The maximum absolute atomic E-state index is 13.0. The molecule has 6 nitrogen and oxygen atoms in total. The molecule has 0 saturated heterocycles. The normalized spacial score (nSPS) is 14.3. The summed E-state index contributed by atoms with van der Waals surface area (Å²) >= 11 is 12.0. The number of halogens is 2. The van der Waals surface area contributed by atoms with Gasteiger partial charge in [-0.25, -0.2) is 17.8 Å². The number of aliphatic imine (C=N–C) groups is 1. The van der Waals surface area contributed by atoms with Crippen LogP contribution < -0.4 is 4.72 Å². The Morgan fingerprint density at radius 3 is 2.33 bits per heavy atom. The summed E-state index contributed by atoms with van der Waals surface area (Å²) in [5.74, 6) is 0.106. The number of nitrogens with one attached hydrogen (secondary N) is 1. The van der Waals surface area contributed by atoms with Gasteiger partial charge in [-0.2, -0.15) is 5.10 Å². The van der Waals surface area contributed by atoms with E-state index in [2.05, 4.69) is 27.9 Å². The predicted octanol–water partition coefficient (Wildman–Crippen LogP) is 5.79. The first-order valence-electron chi connectivity index (χ1n) is 10.4. The van der Waals surface area contributed by atoms with Crippen LogP contribution in [0, 0.1) is 0 Å². The molecule has 0 unspecified atom stereocenters. The fraction of sp³-hybridized carbons (Fsp3) is 0.167. The van der Waals surface area contributed by atoms with E-state index in [1.165, 1.54) is 28.9 Å². The van der Waals surface area contributed by atoms with E-state index in [4.69, 9.17) is 28.3 Å². The minimum atomic E-state index is -3.89. The smallest absolute Gasteiger partial charge is 0.251 e. The van der Waals surface area contributed by atoms with Gasteiger partial charge >= 0.3 is 0 Å². The standard InChI is InChI=1S/C24H22Cl2N4O2S/c1-2-27-24(29-33(31,32)21-14-12-20(26)13-15-21)30-16-22(17-6-4-3-5-7-17)23(28-30)18-8-10-19(25)11-9-18/h4,6-16H,2-3,5H2,1H3,(H,27,29). The highest BCUT2D eigenvalue weighted by molar-refractivity contribution is 7.90. The van der Waals surface area contributed by atoms with Crippen molar-refractivity contribution in [3.8, 4) is 11.3 Å². The van der Waals surface area contributed by atoms with Crippen molar-refractivity contribution >= 4 is 44.8 Å². The van der Waals surface area contributed by atoms with Crippen molar-refractivity contribution in [2.24, 2.45) is 4.99 Å². The lowest BCUT2D eigenvalue weighted by Crippen LogP contribution is -2.36. The minimum Gasteiger partial charge on any atom is -0.251 e. The summed E-state index contributed by atoms with van der Waals surface area (Å²) in [7, 11) is -3.89. The Bertz CT molecular complexity index is 1340. The number of benzene rings is 2. The number of rotatable bonds is 5. The molecule has 4 rings (SSSR count). The third-order valence-electron chi connectivity index (χ3n) is 5.01. The number of hydrogen-bond donors (Lipinski definition) is 1. The fourth-order valence-corrected chi connectivity index (χ4v) is 4.68. The zero-order valence-corrected chi connectivity index (χ0v) is 20.2. The highest BCUT2D eigenvalue weighted by atomic mass is 35.5. The van der Waals surface area contributed by atoms with E-state index >= 15 is 0 Å². The summed E-state index contributed by atoms with van der Waals surface area (Å²) in [4.78, 5) is 4.45. The van der Waals surface area contributed by atoms with Crippen LogP contribution in [0.3, 0.4) is 0 Å². The number of sulfonamides is 1. The third-order valence-corrected chi connectivity index (χ3v) is 6.86. The molecule has 3 aromatic rings. The highest BCUT2D eigenvalue weighted by Gasteiger charge is 2.21. The summed E-state index contributed by atoms with van der Waals surface area (Å²) in [6, 6.07) is 13.3. The summed E-state index contributed by atoms with van der Waals surface area (Å²) < 4.78 is 30.0. The molecule has 1 N–H and O–H groups in total. The van der Waals surface area contributed by atoms with E-state index in [9.17, 15) is 8.42 Å². The van der Waals surface area contributed by atoms with Crippen LogP contribution >= 0.6 is 23.2 Å². The molecule has 170 valence electrons. The van der Waals surface area contributed by atoms with E-state index in [-0.39, 0.29) is 10.9 Å². The molecule has 0 amide bonds. The summed E-state index contributed by atoms with van der Waals surface area (Å²) in [5.41, 5.74) is 3.47. The van der Waals surface area contributed by atoms with Gasteiger partial charge in [-0.1, -0.05) is 53.6 Å². The van der Waals surface area contributed by atoms with Crippen LogP contribution in [-0.2, 0) is 10.0 Å². The van der Waals surface area contributed by atoms with Gasteiger partial charge < -0.3 is 0 Å². The van der Waals surface area contributed by atoms with Gasteiger partial charge in [-0.3, -0.25) is 4.99 Å². The molecular formula is C24H22Cl2N4O2S. The molecule has 2 aromatic carbocycles. The maximum atomic E-state index is 13.0. The number of hydrogen-bond acceptors (Lipinski definition) is 4. The van der Waals surface area contributed by atoms with E-state index in [0.29, 0.717) is 22.3 Å². The Morgan fingerprint density at radius 1 is 1.06 bits per heavy atom. The molecule has 0 bridgehead atoms. The summed E-state index contributed by atoms with van der Waals surface area (Å²) in [5, 5.41) is 5.79. The van der Waals surface area contributed by atoms with Crippen molar-refractivity contribution in [2.45, 2.75) is 24.7 Å². The van der Waals surface area contributed by atoms with Gasteiger partial charge in [-0.05, 0) is 61.7 Å². The average Bonchev–Trinajstić information content (AvgIpc) is 3.25. The van der Waals surface area contributed by atoms with Gasteiger partial charge in [0.15, 0.2) is 0 Å². The average molecular weight is 501 g/mol. The molecule has 0 aliphatic heterocycles. The van der Waals surface area contributed by atoms with Gasteiger partial charge in [0.2, 0.25) is 5.96 Å². The summed E-state index contributed by atoms with van der Waals surface area (Å²) in [6.45, 7) is 2.19. The van der Waals surface area contributed by atoms with E-state index in [1.807, 2.05) is 19.1 Å². The van der Waals surface area contributed by atoms with E-state index in [1.54, 1.807) is 18.3 Å². The van der Waals surface area contributed by atoms with Crippen LogP contribution in [0.5, 0.6) is 0 Å². The number of allylic oxidation sites excluding steroid dienone is 4. The second-order valence-corrected chi connectivity index (χ2v) is 9.89. The van der Waals surface area contributed by atoms with Gasteiger partial charge in [-0.15, -0.1) is 0 Å². The van der Waals surface area contributed by atoms with Crippen molar-refractivity contribution in [3.63, 3.8) is 0 Å². The Hall–Kier alpha value is -2.87.